The van der Waals surface area contributed by atoms with Crippen molar-refractivity contribution in [3.63, 3.8) is 0 Å². The molecule has 0 bridgehead atoms. The van der Waals surface area contributed by atoms with Gasteiger partial charge in [-0.05, 0) is 19.8 Å². The SMILES string of the molecule is CCCCNC(=O)[C@H]1CS[C@@]2(C)CCC(=O)N12. The van der Waals surface area contributed by atoms with Crippen molar-refractivity contribution >= 4 is 23.6 Å². The summed E-state index contributed by atoms with van der Waals surface area (Å²) in [7, 11) is 0. The Balaban J connectivity index is 1.98. The molecule has 2 saturated heterocycles. The van der Waals surface area contributed by atoms with Crippen LogP contribution in [0.2, 0.25) is 0 Å². The van der Waals surface area contributed by atoms with Crippen LogP contribution >= 0.6 is 11.8 Å². The highest BCUT2D eigenvalue weighted by molar-refractivity contribution is 8.01. The summed E-state index contributed by atoms with van der Waals surface area (Å²) in [4.78, 5) is 25.5. The van der Waals surface area contributed by atoms with Crippen LogP contribution in [0.1, 0.15) is 39.5 Å². The first-order valence-electron chi connectivity index (χ1n) is 6.32. The van der Waals surface area contributed by atoms with Gasteiger partial charge in [0.1, 0.15) is 6.04 Å². The minimum Gasteiger partial charge on any atom is -0.354 e. The van der Waals surface area contributed by atoms with Crippen LogP contribution < -0.4 is 5.32 Å². The van der Waals surface area contributed by atoms with Gasteiger partial charge in [0.15, 0.2) is 0 Å². The van der Waals surface area contributed by atoms with Gasteiger partial charge in [-0.1, -0.05) is 13.3 Å². The fourth-order valence-corrected chi connectivity index (χ4v) is 3.95. The number of carbonyl (C=O) groups excluding carboxylic acids is 2. The van der Waals surface area contributed by atoms with E-state index < -0.39 is 0 Å². The predicted molar refractivity (Wildman–Crippen MR) is 68.6 cm³/mol. The van der Waals surface area contributed by atoms with Crippen molar-refractivity contribution < 1.29 is 9.59 Å². The standard InChI is InChI=1S/C12H20N2O2S/c1-3-4-7-13-11(16)9-8-17-12(2)6-5-10(15)14(9)12/h9H,3-8H2,1-2H3,(H,13,16)/t9-,12+/m1/s1. The summed E-state index contributed by atoms with van der Waals surface area (Å²) in [5.41, 5.74) is 0. The van der Waals surface area contributed by atoms with Crippen LogP contribution in [0.4, 0.5) is 0 Å². The van der Waals surface area contributed by atoms with E-state index in [4.69, 9.17) is 0 Å². The Morgan fingerprint density at radius 1 is 1.65 bits per heavy atom. The third-order valence-corrected chi connectivity index (χ3v) is 5.08. The van der Waals surface area contributed by atoms with E-state index in [0.717, 1.165) is 31.6 Å². The maximum absolute atomic E-state index is 12.0. The third-order valence-electron chi connectivity index (χ3n) is 3.58. The van der Waals surface area contributed by atoms with Crippen molar-refractivity contribution in [3.05, 3.63) is 0 Å². The van der Waals surface area contributed by atoms with Gasteiger partial charge in [-0.3, -0.25) is 9.59 Å². The number of unbranched alkanes of at least 4 members (excludes halogenated alkanes) is 1. The van der Waals surface area contributed by atoms with Gasteiger partial charge in [-0.15, -0.1) is 11.8 Å². The van der Waals surface area contributed by atoms with Gasteiger partial charge in [0.2, 0.25) is 11.8 Å². The minimum absolute atomic E-state index is 0.0184. The molecular weight excluding hydrogens is 236 g/mol. The molecule has 0 unspecified atom stereocenters. The molecule has 0 aliphatic carbocycles. The summed E-state index contributed by atoms with van der Waals surface area (Å²) in [6, 6.07) is -0.253. The zero-order chi connectivity index (χ0) is 12.5. The molecule has 1 N–H and O–H groups in total. The van der Waals surface area contributed by atoms with Crippen LogP contribution in [0, 0.1) is 0 Å². The summed E-state index contributed by atoms with van der Waals surface area (Å²) in [6.07, 6.45) is 3.52. The Kier molecular flexibility index (Phi) is 3.66. The molecule has 2 aliphatic rings. The smallest absolute Gasteiger partial charge is 0.243 e. The lowest BCUT2D eigenvalue weighted by Crippen LogP contribution is -2.50. The molecule has 2 heterocycles. The van der Waals surface area contributed by atoms with Gasteiger partial charge in [0.05, 0.1) is 4.87 Å². The summed E-state index contributed by atoms with van der Waals surface area (Å²) in [5, 5.41) is 2.93. The molecule has 4 nitrogen and oxygen atoms in total. The number of nitrogens with zero attached hydrogens (tertiary/aromatic N) is 1. The molecule has 0 aromatic heterocycles. The first kappa shape index (κ1) is 12.7. The summed E-state index contributed by atoms with van der Waals surface area (Å²) < 4.78 is 0. The highest BCUT2D eigenvalue weighted by Gasteiger charge is 2.52. The maximum atomic E-state index is 12.0. The second kappa shape index (κ2) is 4.88. The molecule has 0 radical (unpaired) electrons. The van der Waals surface area contributed by atoms with Crippen LogP contribution in [0.15, 0.2) is 0 Å². The van der Waals surface area contributed by atoms with E-state index in [1.54, 1.807) is 16.7 Å². The lowest BCUT2D eigenvalue weighted by atomic mass is 10.2. The van der Waals surface area contributed by atoms with E-state index in [1.165, 1.54) is 0 Å². The quantitative estimate of drug-likeness (QED) is 0.773. The largest absolute Gasteiger partial charge is 0.354 e. The number of thioether (sulfide) groups is 1. The zero-order valence-electron chi connectivity index (χ0n) is 10.5. The number of nitrogens with one attached hydrogen (secondary N) is 1. The van der Waals surface area contributed by atoms with E-state index in [-0.39, 0.29) is 22.7 Å². The average Bonchev–Trinajstić information content (AvgIpc) is 2.77. The highest BCUT2D eigenvalue weighted by Crippen LogP contribution is 2.47. The molecule has 0 aromatic rings. The van der Waals surface area contributed by atoms with Crippen molar-refractivity contribution in [2.75, 3.05) is 12.3 Å². The maximum Gasteiger partial charge on any atom is 0.243 e. The van der Waals surface area contributed by atoms with E-state index in [2.05, 4.69) is 19.2 Å². The fourth-order valence-electron chi connectivity index (χ4n) is 2.52. The molecule has 2 atom stereocenters. The number of amides is 2. The molecule has 96 valence electrons. The number of hydrogen-bond acceptors (Lipinski definition) is 3. The predicted octanol–water partition coefficient (Wildman–Crippen LogP) is 1.36. The van der Waals surface area contributed by atoms with E-state index in [9.17, 15) is 9.59 Å². The van der Waals surface area contributed by atoms with Gasteiger partial charge in [0, 0.05) is 18.7 Å². The van der Waals surface area contributed by atoms with E-state index in [0.29, 0.717) is 6.42 Å². The Morgan fingerprint density at radius 2 is 2.41 bits per heavy atom. The Bertz CT molecular complexity index is 334. The highest BCUT2D eigenvalue weighted by atomic mass is 32.2. The molecule has 5 heteroatoms. The topological polar surface area (TPSA) is 49.4 Å². The van der Waals surface area contributed by atoms with Gasteiger partial charge < -0.3 is 10.2 Å². The Hall–Kier alpha value is -0.710. The molecule has 0 aromatic carbocycles. The average molecular weight is 256 g/mol. The summed E-state index contributed by atoms with van der Waals surface area (Å²) in [5.74, 6) is 0.887. The van der Waals surface area contributed by atoms with Crippen LogP contribution in [-0.4, -0.2) is 39.9 Å². The van der Waals surface area contributed by atoms with Gasteiger partial charge in [0.25, 0.3) is 0 Å². The first-order valence-corrected chi connectivity index (χ1v) is 7.31. The molecule has 0 saturated carbocycles. The number of hydrogen-bond donors (Lipinski definition) is 1. The Labute approximate surface area is 106 Å². The van der Waals surface area contributed by atoms with Crippen molar-refractivity contribution in [3.8, 4) is 0 Å². The summed E-state index contributed by atoms with van der Waals surface area (Å²) >= 11 is 1.74. The van der Waals surface area contributed by atoms with Crippen LogP contribution in [0.5, 0.6) is 0 Å². The van der Waals surface area contributed by atoms with Crippen molar-refractivity contribution in [1.29, 1.82) is 0 Å². The summed E-state index contributed by atoms with van der Waals surface area (Å²) in [6.45, 7) is 4.88. The molecule has 0 spiro atoms. The molecule has 17 heavy (non-hydrogen) atoms. The van der Waals surface area contributed by atoms with Gasteiger partial charge in [-0.2, -0.15) is 0 Å². The molecule has 2 aliphatic heterocycles. The zero-order valence-corrected chi connectivity index (χ0v) is 11.3. The van der Waals surface area contributed by atoms with Gasteiger partial charge in [-0.25, -0.2) is 0 Å². The van der Waals surface area contributed by atoms with E-state index >= 15 is 0 Å². The van der Waals surface area contributed by atoms with Crippen molar-refractivity contribution in [2.45, 2.75) is 50.4 Å². The minimum atomic E-state index is -0.253. The second-order valence-corrected chi connectivity index (χ2v) is 6.41. The van der Waals surface area contributed by atoms with Crippen LogP contribution in [0.3, 0.4) is 0 Å². The van der Waals surface area contributed by atoms with E-state index in [1.807, 2.05) is 0 Å². The number of rotatable bonds is 4. The molecule has 2 rings (SSSR count). The van der Waals surface area contributed by atoms with Gasteiger partial charge >= 0.3 is 0 Å². The normalized spacial score (nSPS) is 31.8. The lowest BCUT2D eigenvalue weighted by molar-refractivity contribution is -0.137. The molecule has 2 fully saturated rings. The molecule has 2 amide bonds. The van der Waals surface area contributed by atoms with Crippen molar-refractivity contribution in [1.82, 2.24) is 10.2 Å². The molecular formula is C12H20N2O2S. The number of carbonyl (C=O) groups is 2. The van der Waals surface area contributed by atoms with Crippen LogP contribution in [-0.2, 0) is 9.59 Å². The lowest BCUT2D eigenvalue weighted by Gasteiger charge is -2.29. The second-order valence-electron chi connectivity index (χ2n) is 4.91. The Morgan fingerprint density at radius 3 is 3.12 bits per heavy atom. The fraction of sp³-hybridized carbons (Fsp3) is 0.833. The van der Waals surface area contributed by atoms with Crippen LogP contribution in [0.25, 0.3) is 0 Å². The monoisotopic (exact) mass is 256 g/mol. The third kappa shape index (κ3) is 2.30. The first-order chi connectivity index (χ1) is 8.08. The van der Waals surface area contributed by atoms with Crippen molar-refractivity contribution in [2.24, 2.45) is 0 Å². The number of fused-ring (bicyclic) bond motifs is 1.